The van der Waals surface area contributed by atoms with Gasteiger partial charge in [0.15, 0.2) is 0 Å². The molecule has 0 spiro atoms. The lowest BCUT2D eigenvalue weighted by Crippen LogP contribution is -1.47. The summed E-state index contributed by atoms with van der Waals surface area (Å²) in [4.78, 5) is 0. The van der Waals surface area contributed by atoms with Crippen molar-refractivity contribution in [2.45, 2.75) is 20.8 Å². The molecule has 0 N–H and O–H groups in total. The summed E-state index contributed by atoms with van der Waals surface area (Å²) in [7, 11) is 0. The van der Waals surface area contributed by atoms with Crippen molar-refractivity contribution in [3.63, 3.8) is 0 Å². The molecule has 1 heterocycles. The molecule has 58 valence electrons. The number of aryl methyl sites for hydroxylation is 1. The normalized spacial score (nSPS) is 6.30. The number of hydrogen-bond donors (Lipinski definition) is 0. The maximum atomic E-state index is 3.00. The molecule has 0 radical (unpaired) electrons. The lowest BCUT2D eigenvalue weighted by atomic mass is 10.4. The standard InChI is InChI=1S/C5H6S.C2H6.C2H4/c1-5-2-3-6-4-5;2*1-2/h2-4H,1H3;1-2H3;1-2H2. The minimum Gasteiger partial charge on any atom is -0.152 e. The van der Waals surface area contributed by atoms with Crippen molar-refractivity contribution in [3.8, 4) is 0 Å². The van der Waals surface area contributed by atoms with Crippen LogP contribution in [0.15, 0.2) is 30.0 Å². The molecule has 0 bridgehead atoms. The second kappa shape index (κ2) is 11.3. The summed E-state index contributed by atoms with van der Waals surface area (Å²) in [6.07, 6.45) is 0. The molecule has 1 aromatic heterocycles. The monoisotopic (exact) mass is 156 g/mol. The summed E-state index contributed by atoms with van der Waals surface area (Å²) >= 11 is 1.74. The van der Waals surface area contributed by atoms with Crippen LogP contribution in [-0.4, -0.2) is 0 Å². The Balaban J connectivity index is 0. The lowest BCUT2D eigenvalue weighted by molar-refractivity contribution is 1.50. The highest BCUT2D eigenvalue weighted by Crippen LogP contribution is 2.01. The fraction of sp³-hybridized carbons (Fsp3) is 0.333. The van der Waals surface area contributed by atoms with E-state index < -0.39 is 0 Å². The quantitative estimate of drug-likeness (QED) is 0.500. The van der Waals surface area contributed by atoms with Gasteiger partial charge in [-0.1, -0.05) is 13.8 Å². The van der Waals surface area contributed by atoms with E-state index >= 15 is 0 Å². The van der Waals surface area contributed by atoms with Crippen LogP contribution < -0.4 is 0 Å². The van der Waals surface area contributed by atoms with Crippen molar-refractivity contribution in [1.82, 2.24) is 0 Å². The van der Waals surface area contributed by atoms with Crippen LogP contribution in [0.3, 0.4) is 0 Å². The van der Waals surface area contributed by atoms with Crippen molar-refractivity contribution in [1.29, 1.82) is 0 Å². The Labute approximate surface area is 68.2 Å². The van der Waals surface area contributed by atoms with Gasteiger partial charge in [-0.15, -0.1) is 13.2 Å². The van der Waals surface area contributed by atoms with E-state index in [-0.39, 0.29) is 0 Å². The first-order valence-electron chi connectivity index (χ1n) is 3.38. The molecule has 0 atom stereocenters. The summed E-state index contributed by atoms with van der Waals surface area (Å²) in [5, 5.41) is 4.20. The van der Waals surface area contributed by atoms with Gasteiger partial charge in [-0.25, -0.2) is 0 Å². The molecule has 0 aliphatic rings. The summed E-state index contributed by atoms with van der Waals surface area (Å²) in [5.74, 6) is 0. The van der Waals surface area contributed by atoms with Crippen LogP contribution in [0.4, 0.5) is 0 Å². The first-order chi connectivity index (χ1) is 4.89. The minimum absolute atomic E-state index is 1.36. The van der Waals surface area contributed by atoms with Crippen LogP contribution >= 0.6 is 11.3 Å². The smallest absolute Gasteiger partial charge is 0.00641 e. The molecule has 0 unspecified atom stereocenters. The van der Waals surface area contributed by atoms with Crippen molar-refractivity contribution in [2.75, 3.05) is 0 Å². The molecule has 0 saturated heterocycles. The van der Waals surface area contributed by atoms with E-state index in [9.17, 15) is 0 Å². The van der Waals surface area contributed by atoms with Gasteiger partial charge in [-0.2, -0.15) is 11.3 Å². The Kier molecular flexibility index (Phi) is 13.7. The van der Waals surface area contributed by atoms with Crippen LogP contribution in [0.5, 0.6) is 0 Å². The molecule has 0 aromatic carbocycles. The van der Waals surface area contributed by atoms with Gasteiger partial charge >= 0.3 is 0 Å². The molecule has 0 aliphatic heterocycles. The molecule has 0 fully saturated rings. The maximum absolute atomic E-state index is 3.00. The lowest BCUT2D eigenvalue weighted by Gasteiger charge is -1.65. The van der Waals surface area contributed by atoms with Crippen LogP contribution in [0.2, 0.25) is 0 Å². The third-order valence-corrected chi connectivity index (χ3v) is 1.46. The second-order valence-electron chi connectivity index (χ2n) is 1.30. The molecule has 1 aromatic rings. The van der Waals surface area contributed by atoms with Crippen LogP contribution in [-0.2, 0) is 0 Å². The van der Waals surface area contributed by atoms with Gasteiger partial charge in [0.25, 0.3) is 0 Å². The summed E-state index contributed by atoms with van der Waals surface area (Å²) in [6, 6.07) is 2.10. The zero-order valence-corrected chi connectivity index (χ0v) is 7.87. The number of hydrogen-bond acceptors (Lipinski definition) is 1. The number of rotatable bonds is 0. The molecule has 10 heavy (non-hydrogen) atoms. The maximum Gasteiger partial charge on any atom is -0.00641 e. The van der Waals surface area contributed by atoms with Gasteiger partial charge in [0.05, 0.1) is 0 Å². The van der Waals surface area contributed by atoms with Crippen LogP contribution in [0.1, 0.15) is 19.4 Å². The second-order valence-corrected chi connectivity index (χ2v) is 2.08. The summed E-state index contributed by atoms with van der Waals surface area (Å²) in [5.41, 5.74) is 1.36. The van der Waals surface area contributed by atoms with Crippen molar-refractivity contribution in [3.05, 3.63) is 35.5 Å². The Morgan fingerprint density at radius 2 is 1.80 bits per heavy atom. The summed E-state index contributed by atoms with van der Waals surface area (Å²) in [6.45, 7) is 12.1. The van der Waals surface area contributed by atoms with E-state index in [2.05, 4.69) is 36.9 Å². The average Bonchev–Trinajstić information content (AvgIpc) is 2.48. The van der Waals surface area contributed by atoms with Crippen molar-refractivity contribution >= 4 is 11.3 Å². The highest BCUT2D eigenvalue weighted by Gasteiger charge is 1.74. The zero-order chi connectivity index (χ0) is 8.41. The SMILES string of the molecule is C=C.CC.Cc1ccsc1. The summed E-state index contributed by atoms with van der Waals surface area (Å²) < 4.78 is 0. The predicted octanol–water partition coefficient (Wildman–Crippen LogP) is 3.88. The molecule has 0 aliphatic carbocycles. The van der Waals surface area contributed by atoms with Crippen LogP contribution in [0.25, 0.3) is 0 Å². The molecule has 0 nitrogen and oxygen atoms in total. The Bertz CT molecular complexity index is 119. The van der Waals surface area contributed by atoms with E-state index in [0.29, 0.717) is 0 Å². The third-order valence-electron chi connectivity index (χ3n) is 0.663. The Morgan fingerprint density at radius 1 is 1.30 bits per heavy atom. The van der Waals surface area contributed by atoms with E-state index in [1.54, 1.807) is 11.3 Å². The molecule has 1 heteroatoms. The van der Waals surface area contributed by atoms with E-state index in [4.69, 9.17) is 0 Å². The van der Waals surface area contributed by atoms with Gasteiger partial charge in [-0.3, -0.25) is 0 Å². The van der Waals surface area contributed by atoms with Crippen molar-refractivity contribution < 1.29 is 0 Å². The molecular weight excluding hydrogens is 140 g/mol. The average molecular weight is 156 g/mol. The largest absolute Gasteiger partial charge is 0.152 e. The molecule has 0 amide bonds. The highest BCUT2D eigenvalue weighted by atomic mass is 32.1. The van der Waals surface area contributed by atoms with E-state index in [1.165, 1.54) is 5.56 Å². The number of thiophene rings is 1. The minimum atomic E-state index is 1.36. The van der Waals surface area contributed by atoms with Gasteiger partial charge in [-0.05, 0) is 29.3 Å². The fourth-order valence-corrected chi connectivity index (χ4v) is 0.998. The fourth-order valence-electron chi connectivity index (χ4n) is 0.333. The van der Waals surface area contributed by atoms with Gasteiger partial charge in [0, 0.05) is 0 Å². The highest BCUT2D eigenvalue weighted by molar-refractivity contribution is 7.07. The van der Waals surface area contributed by atoms with E-state index in [0.717, 1.165) is 0 Å². The molecule has 0 saturated carbocycles. The van der Waals surface area contributed by atoms with Gasteiger partial charge in [0.1, 0.15) is 0 Å². The molecule has 1 rings (SSSR count). The van der Waals surface area contributed by atoms with Crippen LogP contribution in [0, 0.1) is 6.92 Å². The first kappa shape index (κ1) is 12.1. The first-order valence-corrected chi connectivity index (χ1v) is 4.32. The zero-order valence-electron chi connectivity index (χ0n) is 7.05. The third kappa shape index (κ3) is 7.44. The molecular formula is C9H16S. The topological polar surface area (TPSA) is 0 Å². The van der Waals surface area contributed by atoms with Gasteiger partial charge < -0.3 is 0 Å². The Morgan fingerprint density at radius 3 is 1.90 bits per heavy atom. The predicted molar refractivity (Wildman–Crippen MR) is 51.7 cm³/mol. The van der Waals surface area contributed by atoms with Crippen molar-refractivity contribution in [2.24, 2.45) is 0 Å². The van der Waals surface area contributed by atoms with Gasteiger partial charge in [0.2, 0.25) is 0 Å². The Hall–Kier alpha value is -0.560. The van der Waals surface area contributed by atoms with E-state index in [1.807, 2.05) is 13.8 Å².